The molecule has 0 aliphatic carbocycles. The first-order valence-corrected chi connectivity index (χ1v) is 8.57. The van der Waals surface area contributed by atoms with E-state index in [1.807, 2.05) is 42.5 Å². The number of ether oxygens (including phenoxy) is 1. The lowest BCUT2D eigenvalue weighted by atomic mass is 9.86. The van der Waals surface area contributed by atoms with Crippen LogP contribution in [0.5, 0.6) is 5.88 Å². The molecule has 24 heavy (non-hydrogen) atoms. The minimum Gasteiger partial charge on any atom is -0.472 e. The zero-order valence-corrected chi connectivity index (χ0v) is 13.4. The molecule has 5 heterocycles. The number of rotatable bonds is 3. The maximum absolute atomic E-state index is 6.09. The number of para-hydroxylation sites is 1. The Morgan fingerprint density at radius 1 is 1.04 bits per heavy atom. The van der Waals surface area contributed by atoms with E-state index in [0.29, 0.717) is 11.8 Å². The first-order valence-electron chi connectivity index (χ1n) is 8.57. The molecule has 3 aromatic rings. The largest absolute Gasteiger partial charge is 0.472 e. The van der Waals surface area contributed by atoms with Gasteiger partial charge in [0.15, 0.2) is 5.76 Å². The third kappa shape index (κ3) is 2.45. The molecule has 3 fully saturated rings. The highest BCUT2D eigenvalue weighted by Gasteiger charge is 2.35. The fraction of sp³-hybridized carbons (Fsp3) is 0.368. The highest BCUT2D eigenvalue weighted by molar-refractivity contribution is 5.81. The average molecular weight is 321 g/mol. The summed E-state index contributed by atoms with van der Waals surface area (Å²) in [5.41, 5.74) is 1.59. The molecule has 5 nitrogen and oxygen atoms in total. The minimum atomic E-state index is 0.249. The molecule has 1 atom stereocenters. The van der Waals surface area contributed by atoms with E-state index in [2.05, 4.69) is 15.1 Å². The second kappa shape index (κ2) is 5.60. The van der Waals surface area contributed by atoms with E-state index in [1.54, 1.807) is 0 Å². The molecule has 0 saturated carbocycles. The maximum Gasteiger partial charge on any atom is 0.233 e. The lowest BCUT2D eigenvalue weighted by Gasteiger charge is -2.44. The van der Waals surface area contributed by atoms with Gasteiger partial charge in [-0.3, -0.25) is 4.90 Å². The molecule has 3 aliphatic heterocycles. The molecule has 0 spiro atoms. The van der Waals surface area contributed by atoms with Gasteiger partial charge in [0.1, 0.15) is 17.4 Å². The van der Waals surface area contributed by atoms with E-state index in [4.69, 9.17) is 9.15 Å². The van der Waals surface area contributed by atoms with Crippen LogP contribution in [-0.2, 0) is 0 Å². The lowest BCUT2D eigenvalue weighted by molar-refractivity contribution is -0.0103. The van der Waals surface area contributed by atoms with Crippen LogP contribution in [0.25, 0.3) is 22.4 Å². The van der Waals surface area contributed by atoms with E-state index >= 15 is 0 Å². The van der Waals surface area contributed by atoms with Crippen molar-refractivity contribution in [2.45, 2.75) is 18.9 Å². The van der Waals surface area contributed by atoms with Crippen LogP contribution in [0.4, 0.5) is 0 Å². The van der Waals surface area contributed by atoms with Gasteiger partial charge in [-0.25, -0.2) is 0 Å². The standard InChI is InChI=1S/C19H19N3O2/c1-2-4-16-14(3-1)11-17(23-16)15-5-6-19(21-20-15)24-18-12-22-9-7-13(18)8-10-22/h1-6,11,13,18H,7-10,12H2/t18-/m0/s1. The molecular weight excluding hydrogens is 302 g/mol. The van der Waals surface area contributed by atoms with Gasteiger partial charge >= 0.3 is 0 Å². The monoisotopic (exact) mass is 321 g/mol. The molecule has 0 radical (unpaired) electrons. The smallest absolute Gasteiger partial charge is 0.233 e. The van der Waals surface area contributed by atoms with Gasteiger partial charge < -0.3 is 9.15 Å². The molecule has 5 heteroatoms. The number of furan rings is 1. The van der Waals surface area contributed by atoms with Crippen molar-refractivity contribution in [2.75, 3.05) is 19.6 Å². The van der Waals surface area contributed by atoms with Gasteiger partial charge in [0.2, 0.25) is 5.88 Å². The lowest BCUT2D eigenvalue weighted by Crippen LogP contribution is -2.52. The number of nitrogens with zero attached hydrogens (tertiary/aromatic N) is 3. The van der Waals surface area contributed by atoms with E-state index < -0.39 is 0 Å². The molecule has 0 amide bonds. The van der Waals surface area contributed by atoms with Crippen LogP contribution in [0.2, 0.25) is 0 Å². The summed E-state index contributed by atoms with van der Waals surface area (Å²) in [4.78, 5) is 2.47. The summed E-state index contributed by atoms with van der Waals surface area (Å²) in [6.45, 7) is 3.43. The molecule has 0 N–H and O–H groups in total. The molecule has 3 aliphatic rings. The van der Waals surface area contributed by atoms with Gasteiger partial charge in [0, 0.05) is 18.0 Å². The van der Waals surface area contributed by atoms with Crippen LogP contribution in [0, 0.1) is 5.92 Å². The summed E-state index contributed by atoms with van der Waals surface area (Å²) in [7, 11) is 0. The average Bonchev–Trinajstić information content (AvgIpc) is 3.07. The first kappa shape index (κ1) is 14.0. The highest BCUT2D eigenvalue weighted by atomic mass is 16.5. The summed E-state index contributed by atoms with van der Waals surface area (Å²) >= 11 is 0. The Morgan fingerprint density at radius 2 is 1.92 bits per heavy atom. The number of benzene rings is 1. The summed E-state index contributed by atoms with van der Waals surface area (Å²) in [5.74, 6) is 2.00. The Labute approximate surface area is 140 Å². The summed E-state index contributed by atoms with van der Waals surface area (Å²) in [6, 6.07) is 13.8. The Bertz CT molecular complexity index is 817. The number of hydrogen-bond acceptors (Lipinski definition) is 5. The number of hydrogen-bond donors (Lipinski definition) is 0. The topological polar surface area (TPSA) is 51.4 Å². The molecule has 6 rings (SSSR count). The molecule has 122 valence electrons. The van der Waals surface area contributed by atoms with E-state index in [-0.39, 0.29) is 6.10 Å². The SMILES string of the molecule is c1ccc2oc(-c3ccc(O[C@H]4CN5CCC4CC5)nn3)cc2c1. The summed E-state index contributed by atoms with van der Waals surface area (Å²) in [5, 5.41) is 9.61. The van der Waals surface area contributed by atoms with Crippen molar-refractivity contribution in [1.82, 2.24) is 15.1 Å². The Kier molecular flexibility index (Phi) is 3.26. The Morgan fingerprint density at radius 3 is 2.62 bits per heavy atom. The number of aromatic nitrogens is 2. The van der Waals surface area contributed by atoms with Crippen molar-refractivity contribution in [3.63, 3.8) is 0 Å². The Hall–Kier alpha value is -2.40. The fourth-order valence-corrected chi connectivity index (χ4v) is 3.82. The first-order chi connectivity index (χ1) is 11.8. The number of fused-ring (bicyclic) bond motifs is 4. The third-order valence-corrected chi connectivity index (χ3v) is 5.19. The van der Waals surface area contributed by atoms with Gasteiger partial charge in [0.05, 0.1) is 0 Å². The summed E-state index contributed by atoms with van der Waals surface area (Å²) < 4.78 is 11.9. The van der Waals surface area contributed by atoms with Crippen LogP contribution in [-0.4, -0.2) is 40.8 Å². The second-order valence-electron chi connectivity index (χ2n) is 6.70. The molecule has 3 saturated heterocycles. The molecule has 2 aromatic heterocycles. The summed E-state index contributed by atoms with van der Waals surface area (Å²) in [6.07, 6.45) is 2.71. The predicted molar refractivity (Wildman–Crippen MR) is 90.8 cm³/mol. The van der Waals surface area contributed by atoms with E-state index in [1.165, 1.54) is 25.9 Å². The van der Waals surface area contributed by atoms with Crippen LogP contribution in [0.3, 0.4) is 0 Å². The van der Waals surface area contributed by atoms with E-state index in [9.17, 15) is 0 Å². The quantitative estimate of drug-likeness (QED) is 0.740. The number of piperidine rings is 3. The van der Waals surface area contributed by atoms with Gasteiger partial charge in [-0.05, 0) is 50.0 Å². The zero-order chi connectivity index (χ0) is 15.9. The van der Waals surface area contributed by atoms with Crippen molar-refractivity contribution < 1.29 is 9.15 Å². The fourth-order valence-electron chi connectivity index (χ4n) is 3.82. The highest BCUT2D eigenvalue weighted by Crippen LogP contribution is 2.31. The van der Waals surface area contributed by atoms with Gasteiger partial charge in [-0.2, -0.15) is 0 Å². The Balaban J connectivity index is 1.35. The molecular formula is C19H19N3O2. The second-order valence-corrected chi connectivity index (χ2v) is 6.70. The van der Waals surface area contributed by atoms with Crippen molar-refractivity contribution in [3.8, 4) is 17.3 Å². The van der Waals surface area contributed by atoms with Gasteiger partial charge in [-0.1, -0.05) is 18.2 Å². The van der Waals surface area contributed by atoms with Crippen molar-refractivity contribution in [3.05, 3.63) is 42.5 Å². The maximum atomic E-state index is 6.09. The van der Waals surface area contributed by atoms with Crippen molar-refractivity contribution in [2.24, 2.45) is 5.92 Å². The third-order valence-electron chi connectivity index (χ3n) is 5.19. The van der Waals surface area contributed by atoms with Crippen molar-refractivity contribution in [1.29, 1.82) is 0 Å². The van der Waals surface area contributed by atoms with Crippen LogP contribution in [0.1, 0.15) is 12.8 Å². The van der Waals surface area contributed by atoms with Crippen LogP contribution in [0.15, 0.2) is 46.9 Å². The molecule has 0 unspecified atom stereocenters. The zero-order valence-electron chi connectivity index (χ0n) is 13.4. The molecule has 1 aromatic carbocycles. The minimum absolute atomic E-state index is 0.249. The van der Waals surface area contributed by atoms with E-state index in [0.717, 1.165) is 29.0 Å². The van der Waals surface area contributed by atoms with Crippen molar-refractivity contribution >= 4 is 11.0 Å². The van der Waals surface area contributed by atoms with Crippen LogP contribution >= 0.6 is 0 Å². The normalized spacial score (nSPS) is 25.9. The molecule has 2 bridgehead atoms. The predicted octanol–water partition coefficient (Wildman–Crippen LogP) is 3.36. The van der Waals surface area contributed by atoms with Gasteiger partial charge in [-0.15, -0.1) is 10.2 Å². The van der Waals surface area contributed by atoms with Gasteiger partial charge in [0.25, 0.3) is 0 Å². The van der Waals surface area contributed by atoms with Crippen LogP contribution < -0.4 is 4.74 Å².